The van der Waals surface area contributed by atoms with Gasteiger partial charge in [-0.2, -0.15) is 0 Å². The predicted octanol–water partition coefficient (Wildman–Crippen LogP) is 2.03. The summed E-state index contributed by atoms with van der Waals surface area (Å²) in [7, 11) is 0. The van der Waals surface area contributed by atoms with Gasteiger partial charge in [-0.15, -0.1) is 0 Å². The number of piperazine rings is 1. The van der Waals surface area contributed by atoms with E-state index < -0.39 is 0 Å². The highest BCUT2D eigenvalue weighted by Gasteiger charge is 2.16. The maximum atomic E-state index is 12.9. The van der Waals surface area contributed by atoms with Gasteiger partial charge in [0.1, 0.15) is 5.82 Å². The number of rotatable bonds is 6. The van der Waals surface area contributed by atoms with Crippen LogP contribution in [-0.2, 0) is 4.79 Å². The van der Waals surface area contributed by atoms with Crippen LogP contribution in [0.25, 0.3) is 0 Å². The monoisotopic (exact) mass is 307 g/mol. The highest BCUT2D eigenvalue weighted by Crippen LogP contribution is 2.13. The first-order valence-corrected chi connectivity index (χ1v) is 8.08. The Morgan fingerprint density at radius 1 is 1.18 bits per heavy atom. The number of amides is 1. The molecule has 1 saturated heterocycles. The summed E-state index contributed by atoms with van der Waals surface area (Å²) >= 11 is 0. The molecule has 1 amide bonds. The van der Waals surface area contributed by atoms with E-state index in [4.69, 9.17) is 0 Å². The number of carbonyl (C=O) groups is 1. The van der Waals surface area contributed by atoms with Gasteiger partial charge in [-0.3, -0.25) is 4.79 Å². The van der Waals surface area contributed by atoms with E-state index >= 15 is 0 Å². The van der Waals surface area contributed by atoms with Crippen LogP contribution < -0.4 is 5.32 Å². The van der Waals surface area contributed by atoms with Gasteiger partial charge in [0.15, 0.2) is 0 Å². The van der Waals surface area contributed by atoms with Gasteiger partial charge < -0.3 is 15.1 Å². The summed E-state index contributed by atoms with van der Waals surface area (Å²) in [5.74, 6) is -0.205. The molecule has 1 atom stereocenters. The number of carbonyl (C=O) groups excluding carboxylic acids is 1. The van der Waals surface area contributed by atoms with Crippen molar-refractivity contribution >= 4 is 5.91 Å². The maximum Gasteiger partial charge on any atom is 0.221 e. The van der Waals surface area contributed by atoms with E-state index in [1.54, 1.807) is 12.1 Å². The lowest BCUT2D eigenvalue weighted by Crippen LogP contribution is -2.47. The first-order valence-electron chi connectivity index (χ1n) is 8.08. The van der Waals surface area contributed by atoms with Gasteiger partial charge in [0.25, 0.3) is 0 Å². The lowest BCUT2D eigenvalue weighted by Gasteiger charge is -2.33. The molecule has 0 bridgehead atoms. The molecule has 2 rings (SSSR count). The van der Waals surface area contributed by atoms with E-state index in [1.165, 1.54) is 12.1 Å². The number of halogens is 1. The van der Waals surface area contributed by atoms with E-state index in [0.29, 0.717) is 6.42 Å². The molecule has 0 aromatic heterocycles. The number of hydrogen-bond donors (Lipinski definition) is 1. The molecule has 0 aliphatic carbocycles. The largest absolute Gasteiger partial charge is 0.350 e. The SMILES string of the molecule is CCN1CCN(CCC(=O)N[C@H](C)c2ccc(F)cc2)CC1. The summed E-state index contributed by atoms with van der Waals surface area (Å²) in [4.78, 5) is 16.8. The second-order valence-corrected chi connectivity index (χ2v) is 5.87. The molecular formula is C17H26FN3O. The van der Waals surface area contributed by atoms with E-state index in [2.05, 4.69) is 22.0 Å². The Balaban J connectivity index is 1.70. The van der Waals surface area contributed by atoms with Gasteiger partial charge in [-0.05, 0) is 31.2 Å². The lowest BCUT2D eigenvalue weighted by molar-refractivity contribution is -0.122. The molecule has 122 valence electrons. The summed E-state index contributed by atoms with van der Waals surface area (Å²) < 4.78 is 12.9. The van der Waals surface area contributed by atoms with Crippen LogP contribution in [0.5, 0.6) is 0 Å². The molecule has 0 unspecified atom stereocenters. The summed E-state index contributed by atoms with van der Waals surface area (Å²) in [6.45, 7) is 10.3. The quantitative estimate of drug-likeness (QED) is 0.873. The summed E-state index contributed by atoms with van der Waals surface area (Å²) in [5, 5.41) is 2.98. The van der Waals surface area contributed by atoms with Gasteiger partial charge in [0.05, 0.1) is 6.04 Å². The fraction of sp³-hybridized carbons (Fsp3) is 0.588. The van der Waals surface area contributed by atoms with Crippen LogP contribution in [0.3, 0.4) is 0 Å². The first-order chi connectivity index (χ1) is 10.6. The fourth-order valence-corrected chi connectivity index (χ4v) is 2.74. The van der Waals surface area contributed by atoms with Crippen molar-refractivity contribution in [3.8, 4) is 0 Å². The number of nitrogens with one attached hydrogen (secondary N) is 1. The van der Waals surface area contributed by atoms with E-state index in [9.17, 15) is 9.18 Å². The van der Waals surface area contributed by atoms with Gasteiger partial charge in [0, 0.05) is 39.1 Å². The van der Waals surface area contributed by atoms with Crippen LogP contribution in [0.1, 0.15) is 31.9 Å². The van der Waals surface area contributed by atoms with Gasteiger partial charge in [0.2, 0.25) is 5.91 Å². The second kappa shape index (κ2) is 8.25. The van der Waals surface area contributed by atoms with Gasteiger partial charge >= 0.3 is 0 Å². The van der Waals surface area contributed by atoms with Crippen LogP contribution in [0, 0.1) is 5.82 Å². The number of likely N-dealkylation sites (N-methyl/N-ethyl adjacent to an activating group) is 1. The zero-order valence-electron chi connectivity index (χ0n) is 13.5. The summed E-state index contributed by atoms with van der Waals surface area (Å²) in [6, 6.07) is 6.18. The van der Waals surface area contributed by atoms with Gasteiger partial charge in [-0.1, -0.05) is 19.1 Å². The average molecular weight is 307 g/mol. The Morgan fingerprint density at radius 3 is 2.36 bits per heavy atom. The summed E-state index contributed by atoms with van der Waals surface area (Å²) in [6.07, 6.45) is 0.512. The smallest absolute Gasteiger partial charge is 0.221 e. The predicted molar refractivity (Wildman–Crippen MR) is 86.1 cm³/mol. The molecule has 4 nitrogen and oxygen atoms in total. The fourth-order valence-electron chi connectivity index (χ4n) is 2.74. The molecule has 0 spiro atoms. The van der Waals surface area contributed by atoms with Crippen molar-refractivity contribution in [3.63, 3.8) is 0 Å². The molecule has 22 heavy (non-hydrogen) atoms. The van der Waals surface area contributed by atoms with Crippen LogP contribution in [0.2, 0.25) is 0 Å². The Labute approximate surface area is 132 Å². The third-order valence-electron chi connectivity index (χ3n) is 4.31. The highest BCUT2D eigenvalue weighted by atomic mass is 19.1. The average Bonchev–Trinajstić information content (AvgIpc) is 2.54. The lowest BCUT2D eigenvalue weighted by atomic mass is 10.1. The zero-order valence-corrected chi connectivity index (χ0v) is 13.5. The van der Waals surface area contributed by atoms with Gasteiger partial charge in [-0.25, -0.2) is 4.39 Å². The molecule has 1 N–H and O–H groups in total. The first kappa shape index (κ1) is 16.9. The van der Waals surface area contributed by atoms with Crippen molar-refractivity contribution in [1.82, 2.24) is 15.1 Å². The summed E-state index contributed by atoms with van der Waals surface area (Å²) in [5.41, 5.74) is 0.923. The second-order valence-electron chi connectivity index (χ2n) is 5.87. The minimum absolute atomic E-state index is 0.0507. The van der Waals surface area contributed by atoms with Crippen LogP contribution in [0.4, 0.5) is 4.39 Å². The molecule has 1 fully saturated rings. The third-order valence-corrected chi connectivity index (χ3v) is 4.31. The maximum absolute atomic E-state index is 12.9. The molecule has 5 heteroatoms. The van der Waals surface area contributed by atoms with Crippen LogP contribution in [0.15, 0.2) is 24.3 Å². The molecular weight excluding hydrogens is 281 g/mol. The molecule has 0 radical (unpaired) electrons. The van der Waals surface area contributed by atoms with Crippen LogP contribution in [-0.4, -0.2) is 55.0 Å². The van der Waals surface area contributed by atoms with Crippen molar-refractivity contribution in [2.75, 3.05) is 39.3 Å². The molecule has 1 aromatic carbocycles. The van der Waals surface area contributed by atoms with Crippen LogP contribution >= 0.6 is 0 Å². The van der Waals surface area contributed by atoms with E-state index in [1.807, 2.05) is 6.92 Å². The molecule has 0 saturated carbocycles. The van der Waals surface area contributed by atoms with Crippen molar-refractivity contribution in [3.05, 3.63) is 35.6 Å². The minimum Gasteiger partial charge on any atom is -0.350 e. The Bertz CT molecular complexity index is 469. The minimum atomic E-state index is -0.256. The van der Waals surface area contributed by atoms with Crippen molar-refractivity contribution in [2.24, 2.45) is 0 Å². The Morgan fingerprint density at radius 2 is 1.77 bits per heavy atom. The third kappa shape index (κ3) is 5.07. The van der Waals surface area contributed by atoms with Crippen molar-refractivity contribution < 1.29 is 9.18 Å². The van der Waals surface area contributed by atoms with Crippen molar-refractivity contribution in [2.45, 2.75) is 26.3 Å². The standard InChI is InChI=1S/C17H26FN3O/c1-3-20-10-12-21(13-11-20)9-8-17(22)19-14(2)15-4-6-16(18)7-5-15/h4-7,14H,3,8-13H2,1-2H3,(H,19,22)/t14-/m1/s1. The molecule has 1 aliphatic rings. The topological polar surface area (TPSA) is 35.6 Å². The zero-order chi connectivity index (χ0) is 15.9. The molecule has 1 aliphatic heterocycles. The Hall–Kier alpha value is -1.46. The van der Waals surface area contributed by atoms with Crippen molar-refractivity contribution in [1.29, 1.82) is 0 Å². The molecule has 1 aromatic rings. The number of nitrogens with zero attached hydrogens (tertiary/aromatic N) is 2. The normalized spacial score (nSPS) is 18.1. The Kier molecular flexibility index (Phi) is 6.34. The number of benzene rings is 1. The molecule has 1 heterocycles. The number of hydrogen-bond acceptors (Lipinski definition) is 3. The highest BCUT2D eigenvalue weighted by molar-refractivity contribution is 5.76. The van der Waals surface area contributed by atoms with E-state index in [0.717, 1.165) is 44.8 Å². The van der Waals surface area contributed by atoms with E-state index in [-0.39, 0.29) is 17.8 Å².